The third-order valence-corrected chi connectivity index (χ3v) is 24.2. The lowest BCUT2D eigenvalue weighted by Crippen LogP contribution is -2.10. The van der Waals surface area contributed by atoms with Crippen molar-refractivity contribution < 1.29 is 14.0 Å². The van der Waals surface area contributed by atoms with E-state index in [1.807, 2.05) is 232 Å². The number of aryl methyl sites for hydroxylation is 6. The molecule has 0 spiro atoms. The number of halogens is 1. The highest BCUT2D eigenvalue weighted by Gasteiger charge is 2.28. The molecule has 145 heavy (non-hydrogen) atoms. The first-order valence-electron chi connectivity index (χ1n) is 46.4. The number of amides is 2. The van der Waals surface area contributed by atoms with Crippen molar-refractivity contribution in [2.24, 2.45) is 32.6 Å². The van der Waals surface area contributed by atoms with Crippen molar-refractivity contribution in [1.82, 2.24) is 149 Å². The van der Waals surface area contributed by atoms with Crippen LogP contribution in [0.1, 0.15) is 82.0 Å². The molecule has 0 bridgehead atoms. The van der Waals surface area contributed by atoms with Crippen molar-refractivity contribution in [1.29, 1.82) is 5.26 Å². The van der Waals surface area contributed by atoms with Gasteiger partial charge in [0.05, 0.1) is 136 Å². The second-order valence-electron chi connectivity index (χ2n) is 34.8. The van der Waals surface area contributed by atoms with Crippen LogP contribution in [0.4, 0.5) is 4.39 Å². The number of aromatic amines is 5. The smallest absolute Gasteiger partial charge is 0.248 e. The minimum atomic E-state index is -0.465. The Hall–Kier alpha value is -19.9. The minimum absolute atomic E-state index is 0.200. The fourth-order valence-corrected chi connectivity index (χ4v) is 16.8. The van der Waals surface area contributed by atoms with Crippen LogP contribution in [0.5, 0.6) is 0 Å². The summed E-state index contributed by atoms with van der Waals surface area (Å²) in [6.07, 6.45) is 31.9. The van der Waals surface area contributed by atoms with Crippen LogP contribution >= 0.6 is 0 Å². The Morgan fingerprint density at radius 1 is 0.372 bits per heavy atom. The number of carbonyl (C=O) groups excluding carboxylic acids is 2. The van der Waals surface area contributed by atoms with Gasteiger partial charge in [0, 0.05) is 182 Å². The number of nitrogens with zero attached hydrogens (tertiary/aromatic N) is 26. The van der Waals surface area contributed by atoms with E-state index in [1.165, 1.54) is 12.8 Å². The molecule has 0 unspecified atom stereocenters. The maximum absolute atomic E-state index is 13.8. The topological polar surface area (TPSA) is 471 Å². The van der Waals surface area contributed by atoms with E-state index in [4.69, 9.17) is 46.9 Å². The van der Waals surface area contributed by atoms with E-state index in [-0.39, 0.29) is 11.9 Å². The van der Waals surface area contributed by atoms with Gasteiger partial charge in [0.2, 0.25) is 11.8 Å². The predicted molar refractivity (Wildman–Crippen MR) is 550 cm³/mol. The van der Waals surface area contributed by atoms with E-state index >= 15 is 0 Å². The fourth-order valence-electron chi connectivity index (χ4n) is 16.8. The summed E-state index contributed by atoms with van der Waals surface area (Å²) in [6, 6.07) is 68.9. The van der Waals surface area contributed by atoms with Gasteiger partial charge in [-0.15, -0.1) is 0 Å². The molecule has 9 N–H and O–H groups in total. The molecule has 0 saturated heterocycles. The molecular formula is C109H88FN33O2. The zero-order valence-electron chi connectivity index (χ0n) is 78.9. The molecule has 2 amide bonds. The maximum atomic E-state index is 13.8. The number of nitrogens with one attached hydrogen (secondary N) is 5. The molecule has 35 nitrogen and oxygen atoms in total. The lowest BCUT2D eigenvalue weighted by Gasteiger charge is -2.04. The summed E-state index contributed by atoms with van der Waals surface area (Å²) >= 11 is 0. The van der Waals surface area contributed by atoms with Gasteiger partial charge in [-0.05, 0) is 203 Å². The number of hydrogen-bond acceptors (Lipinski definition) is 23. The number of primary amides is 2. The van der Waals surface area contributed by atoms with Crippen LogP contribution in [-0.2, 0) is 34.0 Å². The molecule has 1 saturated carbocycles. The Bertz CT molecular complexity index is 8930. The van der Waals surface area contributed by atoms with Gasteiger partial charge in [-0.3, -0.25) is 82.8 Å². The van der Waals surface area contributed by atoms with Gasteiger partial charge in [0.25, 0.3) is 0 Å². The molecule has 25 rings (SSSR count). The van der Waals surface area contributed by atoms with Crippen LogP contribution in [-0.4, -0.2) is 160 Å². The van der Waals surface area contributed by atoms with Crippen molar-refractivity contribution in [2.45, 2.75) is 58.5 Å². The molecule has 1 aliphatic carbocycles. The number of nitriles is 1. The van der Waals surface area contributed by atoms with Crippen LogP contribution in [0, 0.1) is 24.1 Å². The Labute approximate surface area is 825 Å². The molecule has 15 aromatic heterocycles. The molecule has 0 atom stereocenters. The second kappa shape index (κ2) is 39.9. The summed E-state index contributed by atoms with van der Waals surface area (Å²) < 4.78 is 23.0. The van der Waals surface area contributed by atoms with Crippen LogP contribution in [0.2, 0.25) is 0 Å². The first-order valence-corrected chi connectivity index (χ1v) is 46.4. The number of benzene rings is 9. The number of fused-ring (bicyclic) bond motifs is 5. The Morgan fingerprint density at radius 2 is 0.717 bits per heavy atom. The average Bonchev–Trinajstić information content (AvgIpc) is 1.65. The van der Waals surface area contributed by atoms with E-state index in [9.17, 15) is 14.0 Å². The summed E-state index contributed by atoms with van der Waals surface area (Å²) in [4.78, 5) is 107. The van der Waals surface area contributed by atoms with Crippen LogP contribution in [0.3, 0.4) is 0 Å². The fraction of sp³-hybridized carbons (Fsp3) is 0.110. The normalized spacial score (nSPS) is 11.7. The van der Waals surface area contributed by atoms with Gasteiger partial charge >= 0.3 is 0 Å². The van der Waals surface area contributed by atoms with E-state index in [1.54, 1.807) is 131 Å². The number of carbonyl (C=O) groups is 2. The lowest BCUT2D eigenvalue weighted by molar-refractivity contribution is 0.0992. The third kappa shape index (κ3) is 20.2. The molecule has 1 fully saturated rings. The van der Waals surface area contributed by atoms with Gasteiger partial charge in [-0.1, -0.05) is 60.7 Å². The van der Waals surface area contributed by atoms with E-state index < -0.39 is 11.8 Å². The molecule has 24 aromatic rings. The summed E-state index contributed by atoms with van der Waals surface area (Å²) in [5.74, 6) is 1.77. The standard InChI is InChI=1S/C26H23FN6.C24H21N7O.C22H17N7O.C22H15N7.C15H12N6/c1-16-12-17(14-19(27)13-16)2-7-24-30-25(18-3-6-21-23(15-18)29-10-9-28-21)26(31-24)22-8-11-33(32-22)20-4-5-20;1-14(2)31-12-9-19(30-31)22-21(17-7-8-18-20(13-17)27-11-10-26-18)28-24(29-22)16-5-3-15(4-6-16)23(25)32;1-29-11-8-17(28-29)20-19(15-6-7-16-18(12-15)25-10-9-24-16)26-22(27-20)14-4-2-13(3-5-14)21(23)30;1-29-11-8-18(28-29)21-20(16-6-7-17-19(12-16)25-10-9-24-17)26-22(27-21)15-4-2-14(13-23)3-5-15;1-21-7-4-12(20-21)15-14(18-9-19-15)10-2-3-11-13(8-10)17-6-5-16-11/h3,6,8-15,20H,2,4-5,7H2,1H3,(H,30,31);3-14H,1-2H3,(H2,25,32)(H,28,29);2-12H,1H3,(H2,23,30)(H,26,27);2-12H,1H3,(H,26,27);2-9H,1H3,(H,18,19). The Kier molecular flexibility index (Phi) is 25.2. The first kappa shape index (κ1) is 91.5. The first-order chi connectivity index (χ1) is 70.7. The highest BCUT2D eigenvalue weighted by Crippen LogP contribution is 2.41. The SMILES string of the molecule is CC(C)n1ccc(-c2[nH]c(-c3ccc(C(N)=O)cc3)nc2-c2ccc3nccnc3c2)n1.Cc1cc(F)cc(CCc2nc(-c3ccc4nccnc4c3)c(-c3ccn(C4CC4)n3)[nH]2)c1.Cn1ccc(-c2[nH]c(-c3ccc(C#N)cc3)nc2-c2ccc3nccnc3c2)n1.Cn1ccc(-c2[nH]c(-c3ccc(C(N)=O)cc3)nc2-c2ccc3nccnc3c2)n1.Cn1ccc(-c2[nH]cnc2-c2ccc3nccnc3c2)n1. The van der Waals surface area contributed by atoms with Crippen molar-refractivity contribution in [3.8, 4) is 153 Å². The molecule has 15 heterocycles. The van der Waals surface area contributed by atoms with Gasteiger partial charge in [-0.25, -0.2) is 29.3 Å². The van der Waals surface area contributed by atoms with Crippen molar-refractivity contribution in [3.05, 3.63) is 351 Å². The molecule has 0 radical (unpaired) electrons. The van der Waals surface area contributed by atoms with Crippen LogP contribution in [0.15, 0.2) is 312 Å². The van der Waals surface area contributed by atoms with Crippen molar-refractivity contribution in [2.75, 3.05) is 0 Å². The Morgan fingerprint density at radius 3 is 1.08 bits per heavy atom. The number of imidazole rings is 5. The largest absolute Gasteiger partial charge is 0.366 e. The number of hydrogen-bond donors (Lipinski definition) is 7. The van der Waals surface area contributed by atoms with Gasteiger partial charge in [-0.2, -0.15) is 30.8 Å². The molecule has 1 aliphatic rings. The highest BCUT2D eigenvalue weighted by molar-refractivity contribution is 5.96. The third-order valence-electron chi connectivity index (χ3n) is 24.2. The maximum Gasteiger partial charge on any atom is 0.248 e. The van der Waals surface area contributed by atoms with Gasteiger partial charge in [0.1, 0.15) is 57.6 Å². The molecular weight excluding hydrogens is 1820 g/mol. The number of rotatable bonds is 20. The quantitative estimate of drug-likeness (QED) is 0.0372. The number of H-pyrrole nitrogens is 5. The molecule has 36 heteroatoms. The predicted octanol–water partition coefficient (Wildman–Crippen LogP) is 19.2. The summed E-state index contributed by atoms with van der Waals surface area (Å²) in [5.41, 5.74) is 42.0. The second-order valence-corrected chi connectivity index (χ2v) is 34.8. The average molecular weight is 1910 g/mol. The number of aromatic nitrogens is 30. The molecule has 708 valence electrons. The summed E-state index contributed by atoms with van der Waals surface area (Å²) in [6.45, 7) is 6.07. The van der Waals surface area contributed by atoms with Crippen LogP contribution in [0.25, 0.3) is 203 Å². The van der Waals surface area contributed by atoms with E-state index in [0.29, 0.717) is 53.0 Å². The Balaban J connectivity index is 0.000000107. The highest BCUT2D eigenvalue weighted by atomic mass is 19.1. The van der Waals surface area contributed by atoms with E-state index in [0.717, 1.165) is 202 Å². The minimum Gasteiger partial charge on any atom is -0.366 e. The number of nitrogens with two attached hydrogens (primary N) is 2. The lowest BCUT2D eigenvalue weighted by atomic mass is 10.1. The summed E-state index contributed by atoms with van der Waals surface area (Å²) in [7, 11) is 5.65. The zero-order valence-corrected chi connectivity index (χ0v) is 78.9. The van der Waals surface area contributed by atoms with Crippen LogP contribution < -0.4 is 11.5 Å². The summed E-state index contributed by atoms with van der Waals surface area (Å²) in [5, 5.41) is 32.1. The van der Waals surface area contributed by atoms with E-state index in [2.05, 4.69) is 115 Å². The van der Waals surface area contributed by atoms with Gasteiger partial charge in [0.15, 0.2) is 0 Å². The molecule has 0 aliphatic heterocycles. The monoisotopic (exact) mass is 1910 g/mol. The van der Waals surface area contributed by atoms with Crippen molar-refractivity contribution >= 4 is 67.0 Å². The zero-order chi connectivity index (χ0) is 99.3. The van der Waals surface area contributed by atoms with Gasteiger partial charge < -0.3 is 36.4 Å². The van der Waals surface area contributed by atoms with Crippen molar-refractivity contribution in [3.63, 3.8) is 0 Å². The molecule has 9 aromatic carbocycles.